The van der Waals surface area contributed by atoms with Crippen molar-refractivity contribution in [2.45, 2.75) is 38.7 Å². The van der Waals surface area contributed by atoms with Crippen molar-refractivity contribution in [3.8, 4) is 0 Å². The maximum Gasteiger partial charge on any atom is 0.0690 e. The molecule has 12 heavy (non-hydrogen) atoms. The van der Waals surface area contributed by atoms with Gasteiger partial charge in [-0.25, -0.2) is 0 Å². The second kappa shape index (κ2) is 2.57. The molecule has 0 unspecified atom stereocenters. The highest BCUT2D eigenvalue weighted by molar-refractivity contribution is 7.12. The fourth-order valence-electron chi connectivity index (χ4n) is 1.53. The van der Waals surface area contributed by atoms with E-state index in [-0.39, 0.29) is 5.60 Å². The van der Waals surface area contributed by atoms with E-state index in [0.717, 1.165) is 19.3 Å². The molecule has 1 nitrogen and oxygen atoms in total. The number of hydrogen-bond donors (Lipinski definition) is 1. The van der Waals surface area contributed by atoms with Gasteiger partial charge in [-0.1, -0.05) is 0 Å². The maximum atomic E-state index is 9.72. The van der Waals surface area contributed by atoms with E-state index in [1.54, 1.807) is 0 Å². The van der Waals surface area contributed by atoms with Gasteiger partial charge < -0.3 is 5.11 Å². The molecule has 0 radical (unpaired) electrons. The van der Waals surface area contributed by atoms with Crippen molar-refractivity contribution in [2.24, 2.45) is 0 Å². The standard InChI is InChI=1S/C10H14OS/c1-7-5-9(8(2)12-7)6-10(11)3-4-10/h5,11H,3-4,6H2,1-2H3. The first-order valence-electron chi connectivity index (χ1n) is 4.37. The molecule has 2 heteroatoms. The fraction of sp³-hybridized carbons (Fsp3) is 0.600. The molecule has 2 rings (SSSR count). The van der Waals surface area contributed by atoms with Gasteiger partial charge in [-0.2, -0.15) is 0 Å². The van der Waals surface area contributed by atoms with E-state index < -0.39 is 0 Å². The molecule has 0 saturated heterocycles. The molecule has 0 aliphatic heterocycles. The van der Waals surface area contributed by atoms with E-state index in [4.69, 9.17) is 0 Å². The van der Waals surface area contributed by atoms with Crippen molar-refractivity contribution in [1.29, 1.82) is 0 Å². The van der Waals surface area contributed by atoms with Crippen LogP contribution in [0.15, 0.2) is 6.07 Å². The third-order valence-electron chi connectivity index (χ3n) is 2.49. The van der Waals surface area contributed by atoms with Gasteiger partial charge >= 0.3 is 0 Å². The summed E-state index contributed by atoms with van der Waals surface area (Å²) >= 11 is 1.83. The van der Waals surface area contributed by atoms with Crippen molar-refractivity contribution < 1.29 is 5.11 Å². The van der Waals surface area contributed by atoms with Crippen molar-refractivity contribution in [3.63, 3.8) is 0 Å². The number of aliphatic hydroxyl groups is 1. The molecular weight excluding hydrogens is 168 g/mol. The van der Waals surface area contributed by atoms with Crippen LogP contribution in [0, 0.1) is 13.8 Å². The Labute approximate surface area is 77.0 Å². The Morgan fingerprint density at radius 1 is 1.50 bits per heavy atom. The molecule has 1 N–H and O–H groups in total. The van der Waals surface area contributed by atoms with Gasteiger partial charge in [-0.15, -0.1) is 11.3 Å². The number of rotatable bonds is 2. The first kappa shape index (κ1) is 8.27. The summed E-state index contributed by atoms with van der Waals surface area (Å²) in [6.07, 6.45) is 2.84. The number of aryl methyl sites for hydroxylation is 2. The summed E-state index contributed by atoms with van der Waals surface area (Å²) in [6, 6.07) is 2.20. The summed E-state index contributed by atoms with van der Waals surface area (Å²) in [5.74, 6) is 0. The van der Waals surface area contributed by atoms with Gasteiger partial charge in [0.05, 0.1) is 5.60 Å². The van der Waals surface area contributed by atoms with Gasteiger partial charge in [0.15, 0.2) is 0 Å². The lowest BCUT2D eigenvalue weighted by atomic mass is 10.1. The molecule has 0 bridgehead atoms. The minimum Gasteiger partial charge on any atom is -0.390 e. The molecule has 1 aromatic heterocycles. The summed E-state index contributed by atoms with van der Waals surface area (Å²) in [6.45, 7) is 4.26. The molecular formula is C10H14OS. The Bertz CT molecular complexity index is 297. The topological polar surface area (TPSA) is 20.2 Å². The lowest BCUT2D eigenvalue weighted by molar-refractivity contribution is 0.151. The van der Waals surface area contributed by atoms with E-state index in [9.17, 15) is 5.11 Å². The Hall–Kier alpha value is -0.340. The third-order valence-corrected chi connectivity index (χ3v) is 3.50. The first-order valence-corrected chi connectivity index (χ1v) is 5.19. The molecule has 1 aliphatic rings. The largest absolute Gasteiger partial charge is 0.390 e. The Morgan fingerprint density at radius 2 is 2.17 bits per heavy atom. The summed E-state index contributed by atoms with van der Waals surface area (Å²) < 4.78 is 0. The zero-order valence-electron chi connectivity index (χ0n) is 7.55. The Kier molecular flexibility index (Phi) is 1.77. The van der Waals surface area contributed by atoms with E-state index in [2.05, 4.69) is 19.9 Å². The van der Waals surface area contributed by atoms with E-state index in [1.807, 2.05) is 11.3 Å². The SMILES string of the molecule is Cc1cc(CC2(O)CC2)c(C)s1. The van der Waals surface area contributed by atoms with Crippen LogP contribution in [-0.4, -0.2) is 10.7 Å². The van der Waals surface area contributed by atoms with Gasteiger partial charge in [0.25, 0.3) is 0 Å². The zero-order valence-corrected chi connectivity index (χ0v) is 8.37. The maximum absolute atomic E-state index is 9.72. The highest BCUT2D eigenvalue weighted by Crippen LogP contribution is 2.39. The molecule has 0 amide bonds. The van der Waals surface area contributed by atoms with Gasteiger partial charge in [-0.05, 0) is 38.3 Å². The number of thiophene rings is 1. The summed E-state index contributed by atoms with van der Waals surface area (Å²) in [5.41, 5.74) is 1.01. The van der Waals surface area contributed by atoms with Gasteiger partial charge in [0.2, 0.25) is 0 Å². The average Bonchev–Trinajstić information content (AvgIpc) is 2.58. The normalized spacial score (nSPS) is 19.6. The Morgan fingerprint density at radius 3 is 2.58 bits per heavy atom. The fourth-order valence-corrected chi connectivity index (χ4v) is 2.48. The minimum absolute atomic E-state index is 0.335. The van der Waals surface area contributed by atoms with Crippen LogP contribution in [0.1, 0.15) is 28.2 Å². The predicted molar refractivity (Wildman–Crippen MR) is 51.7 cm³/mol. The summed E-state index contributed by atoms with van der Waals surface area (Å²) in [7, 11) is 0. The van der Waals surface area contributed by atoms with Crippen LogP contribution >= 0.6 is 11.3 Å². The Balaban J connectivity index is 2.17. The molecule has 1 fully saturated rings. The molecule has 0 spiro atoms. The first-order chi connectivity index (χ1) is 5.59. The summed E-state index contributed by atoms with van der Waals surface area (Å²) in [5, 5.41) is 9.72. The molecule has 0 aromatic carbocycles. The van der Waals surface area contributed by atoms with Crippen LogP contribution in [0.2, 0.25) is 0 Å². The molecule has 1 aromatic rings. The van der Waals surface area contributed by atoms with Crippen LogP contribution in [0.4, 0.5) is 0 Å². The quantitative estimate of drug-likeness (QED) is 0.744. The van der Waals surface area contributed by atoms with Crippen LogP contribution in [0.3, 0.4) is 0 Å². The average molecular weight is 182 g/mol. The third kappa shape index (κ3) is 1.54. The lowest BCUT2D eigenvalue weighted by Gasteiger charge is -2.05. The molecule has 0 atom stereocenters. The van der Waals surface area contributed by atoms with E-state index in [1.165, 1.54) is 15.3 Å². The van der Waals surface area contributed by atoms with E-state index in [0.29, 0.717) is 0 Å². The molecule has 66 valence electrons. The predicted octanol–water partition coefficient (Wildman–Crippen LogP) is 2.43. The molecule has 1 aliphatic carbocycles. The molecule has 1 saturated carbocycles. The van der Waals surface area contributed by atoms with Crippen LogP contribution in [0.5, 0.6) is 0 Å². The summed E-state index contributed by atoms with van der Waals surface area (Å²) in [4.78, 5) is 2.72. The second-order valence-electron chi connectivity index (χ2n) is 3.84. The highest BCUT2D eigenvalue weighted by atomic mass is 32.1. The second-order valence-corrected chi connectivity index (χ2v) is 5.30. The van der Waals surface area contributed by atoms with Crippen molar-refractivity contribution in [2.75, 3.05) is 0 Å². The lowest BCUT2D eigenvalue weighted by Crippen LogP contribution is -2.10. The van der Waals surface area contributed by atoms with Crippen molar-refractivity contribution >= 4 is 11.3 Å². The van der Waals surface area contributed by atoms with Gasteiger partial charge in [0.1, 0.15) is 0 Å². The van der Waals surface area contributed by atoms with E-state index >= 15 is 0 Å². The highest BCUT2D eigenvalue weighted by Gasteiger charge is 2.40. The zero-order chi connectivity index (χ0) is 8.77. The monoisotopic (exact) mass is 182 g/mol. The van der Waals surface area contributed by atoms with Gasteiger partial charge in [0, 0.05) is 16.2 Å². The van der Waals surface area contributed by atoms with Crippen molar-refractivity contribution in [3.05, 3.63) is 21.4 Å². The van der Waals surface area contributed by atoms with Crippen LogP contribution in [-0.2, 0) is 6.42 Å². The van der Waals surface area contributed by atoms with Crippen LogP contribution < -0.4 is 0 Å². The minimum atomic E-state index is -0.335. The number of hydrogen-bond acceptors (Lipinski definition) is 2. The van der Waals surface area contributed by atoms with Crippen molar-refractivity contribution in [1.82, 2.24) is 0 Å². The van der Waals surface area contributed by atoms with Crippen LogP contribution in [0.25, 0.3) is 0 Å². The van der Waals surface area contributed by atoms with Gasteiger partial charge in [-0.3, -0.25) is 0 Å². The molecule has 1 heterocycles. The smallest absolute Gasteiger partial charge is 0.0690 e.